The first-order chi connectivity index (χ1) is 14.5. The number of nitrogens with zero attached hydrogens (tertiary/aromatic N) is 2. The van der Waals surface area contributed by atoms with E-state index in [2.05, 4.69) is 10.3 Å². The van der Waals surface area contributed by atoms with E-state index in [-0.39, 0.29) is 10.7 Å². The molecule has 1 amide bonds. The molecule has 0 aliphatic carbocycles. The lowest BCUT2D eigenvalue weighted by atomic mass is 10.0. The number of fused-ring (bicyclic) bond motifs is 1. The number of nitrogens with one attached hydrogen (secondary N) is 1. The summed E-state index contributed by atoms with van der Waals surface area (Å²) in [4.78, 5) is 29.9. The summed E-state index contributed by atoms with van der Waals surface area (Å²) in [6.07, 6.45) is 1.79. The van der Waals surface area contributed by atoms with Crippen molar-refractivity contribution in [1.29, 1.82) is 0 Å². The zero-order chi connectivity index (χ0) is 21.3. The van der Waals surface area contributed by atoms with Crippen molar-refractivity contribution in [3.63, 3.8) is 0 Å². The summed E-state index contributed by atoms with van der Waals surface area (Å²) in [5.41, 5.74) is 2.51. The zero-order valence-corrected chi connectivity index (χ0v) is 17.7. The van der Waals surface area contributed by atoms with E-state index in [1.807, 2.05) is 30.3 Å². The van der Waals surface area contributed by atoms with Crippen molar-refractivity contribution in [2.45, 2.75) is 6.42 Å². The minimum atomic E-state index is -0.823. The topological polar surface area (TPSA) is 64.0 Å². The van der Waals surface area contributed by atoms with Gasteiger partial charge in [0.25, 0.3) is 11.7 Å². The van der Waals surface area contributed by atoms with Crippen LogP contribution in [0.3, 0.4) is 0 Å². The molecule has 5 nitrogen and oxygen atoms in total. The maximum atomic E-state index is 13.2. The molecular formula is C22H14Cl3N3O2. The SMILES string of the molecule is O=C(Nc1ccnc(Cl)c1)C(=O)c1c(Cc2ccccc2)n(Cl)c2cccc(Cl)c12. The Balaban J connectivity index is 1.80. The molecule has 0 spiro atoms. The van der Waals surface area contributed by atoms with Crippen molar-refractivity contribution >= 4 is 63.3 Å². The van der Waals surface area contributed by atoms with Gasteiger partial charge >= 0.3 is 0 Å². The highest BCUT2D eigenvalue weighted by Gasteiger charge is 2.28. The van der Waals surface area contributed by atoms with Crippen LogP contribution in [0.25, 0.3) is 10.9 Å². The Morgan fingerprint density at radius 3 is 2.50 bits per heavy atom. The van der Waals surface area contributed by atoms with Crippen molar-refractivity contribution in [3.05, 3.63) is 93.9 Å². The summed E-state index contributed by atoms with van der Waals surface area (Å²) < 4.78 is 1.39. The van der Waals surface area contributed by atoms with Gasteiger partial charge in [0.05, 0.1) is 21.8 Å². The third-order valence-electron chi connectivity index (χ3n) is 4.61. The minimum absolute atomic E-state index is 0.173. The predicted octanol–water partition coefficient (Wildman–Crippen LogP) is 5.76. The standard InChI is InChI=1S/C22H14Cl3N3O2/c23-15-7-4-8-16-19(15)20(17(28(16)25)11-13-5-2-1-3-6-13)21(29)22(30)27-14-9-10-26-18(24)12-14/h1-10,12H,11H2,(H,26,27,30). The molecule has 4 aromatic rings. The monoisotopic (exact) mass is 457 g/mol. The number of anilines is 1. The van der Waals surface area contributed by atoms with E-state index < -0.39 is 11.7 Å². The Labute approximate surface area is 187 Å². The van der Waals surface area contributed by atoms with Crippen molar-refractivity contribution in [2.75, 3.05) is 5.32 Å². The molecule has 2 aromatic carbocycles. The van der Waals surface area contributed by atoms with Gasteiger partial charge in [0, 0.05) is 35.5 Å². The number of aromatic nitrogens is 2. The number of pyridine rings is 1. The second-order valence-corrected chi connectivity index (χ2v) is 7.68. The van der Waals surface area contributed by atoms with Gasteiger partial charge in [-0.25, -0.2) is 4.98 Å². The Morgan fingerprint density at radius 2 is 1.77 bits per heavy atom. The summed E-state index contributed by atoms with van der Waals surface area (Å²) in [7, 11) is 0. The maximum Gasteiger partial charge on any atom is 0.296 e. The van der Waals surface area contributed by atoms with Crippen LogP contribution in [0.5, 0.6) is 0 Å². The van der Waals surface area contributed by atoms with Crippen molar-refractivity contribution < 1.29 is 9.59 Å². The highest BCUT2D eigenvalue weighted by atomic mass is 35.5. The number of carbonyl (C=O) groups is 2. The van der Waals surface area contributed by atoms with Gasteiger partial charge in [-0.3, -0.25) is 13.7 Å². The van der Waals surface area contributed by atoms with Crippen LogP contribution in [-0.2, 0) is 11.2 Å². The van der Waals surface area contributed by atoms with Crippen LogP contribution in [0.4, 0.5) is 5.69 Å². The molecule has 0 fully saturated rings. The maximum absolute atomic E-state index is 13.2. The van der Waals surface area contributed by atoms with Gasteiger partial charge in [-0.1, -0.05) is 59.6 Å². The normalized spacial score (nSPS) is 10.9. The molecule has 8 heteroatoms. The molecule has 0 saturated carbocycles. The summed E-state index contributed by atoms with van der Waals surface area (Å²) in [6, 6.07) is 17.7. The van der Waals surface area contributed by atoms with Crippen molar-refractivity contribution in [2.24, 2.45) is 0 Å². The second kappa shape index (κ2) is 8.48. The van der Waals surface area contributed by atoms with Crippen LogP contribution in [-0.4, -0.2) is 20.8 Å². The molecule has 2 aromatic heterocycles. The average Bonchev–Trinajstić information content (AvgIpc) is 3.01. The van der Waals surface area contributed by atoms with E-state index >= 15 is 0 Å². The molecule has 0 bridgehead atoms. The van der Waals surface area contributed by atoms with Gasteiger partial charge in [0.1, 0.15) is 5.15 Å². The van der Waals surface area contributed by atoms with Crippen LogP contribution < -0.4 is 5.32 Å². The number of Topliss-reactive ketones (excluding diaryl/α,β-unsaturated/α-hetero) is 1. The molecular weight excluding hydrogens is 445 g/mol. The van der Waals surface area contributed by atoms with Crippen LogP contribution in [0, 0.1) is 0 Å². The van der Waals surface area contributed by atoms with Gasteiger partial charge in [-0.15, -0.1) is 0 Å². The number of rotatable bonds is 5. The first-order valence-electron chi connectivity index (χ1n) is 8.95. The molecule has 0 aliphatic rings. The van der Waals surface area contributed by atoms with E-state index in [9.17, 15) is 9.59 Å². The minimum Gasteiger partial charge on any atom is -0.319 e. The number of halogens is 3. The van der Waals surface area contributed by atoms with Crippen LogP contribution in [0.2, 0.25) is 10.2 Å². The Kier molecular flexibility index (Phi) is 5.77. The fourth-order valence-corrected chi connectivity index (χ4v) is 4.01. The number of ketones is 1. The molecule has 0 unspecified atom stereocenters. The van der Waals surface area contributed by atoms with Gasteiger partial charge in [0.15, 0.2) is 0 Å². The van der Waals surface area contributed by atoms with E-state index in [4.69, 9.17) is 35.0 Å². The Morgan fingerprint density at radius 1 is 1.00 bits per heavy atom. The molecule has 0 aliphatic heterocycles. The summed E-state index contributed by atoms with van der Waals surface area (Å²) >= 11 is 18.8. The molecule has 0 saturated heterocycles. The van der Waals surface area contributed by atoms with Gasteiger partial charge in [0.2, 0.25) is 0 Å². The molecule has 0 radical (unpaired) electrons. The number of amides is 1. The number of hydrogen-bond donors (Lipinski definition) is 1. The third-order valence-corrected chi connectivity index (χ3v) is 5.52. The Bertz CT molecular complexity index is 1270. The quantitative estimate of drug-likeness (QED) is 0.235. The van der Waals surface area contributed by atoms with Crippen molar-refractivity contribution in [1.82, 2.24) is 9.07 Å². The molecule has 2 heterocycles. The number of hydrogen-bond acceptors (Lipinski definition) is 3. The second-order valence-electron chi connectivity index (χ2n) is 6.55. The molecule has 4 rings (SSSR count). The van der Waals surface area contributed by atoms with Crippen molar-refractivity contribution in [3.8, 4) is 0 Å². The van der Waals surface area contributed by atoms with Crippen LogP contribution in [0.15, 0.2) is 66.9 Å². The van der Waals surface area contributed by atoms with Gasteiger partial charge in [-0.2, -0.15) is 0 Å². The third kappa shape index (κ3) is 3.92. The van der Waals surface area contributed by atoms with Crippen LogP contribution >= 0.6 is 35.0 Å². The van der Waals surface area contributed by atoms with Gasteiger partial charge in [-0.05, 0) is 29.8 Å². The number of benzene rings is 2. The summed E-state index contributed by atoms with van der Waals surface area (Å²) in [6.45, 7) is 0. The fourth-order valence-electron chi connectivity index (χ4n) is 3.28. The molecule has 1 N–H and O–H groups in total. The molecule has 30 heavy (non-hydrogen) atoms. The first-order valence-corrected chi connectivity index (χ1v) is 10.0. The highest BCUT2D eigenvalue weighted by molar-refractivity contribution is 6.50. The predicted molar refractivity (Wildman–Crippen MR) is 120 cm³/mol. The van der Waals surface area contributed by atoms with E-state index in [1.54, 1.807) is 24.3 Å². The zero-order valence-electron chi connectivity index (χ0n) is 15.4. The van der Waals surface area contributed by atoms with Crippen LogP contribution in [0.1, 0.15) is 21.6 Å². The lowest BCUT2D eigenvalue weighted by Crippen LogP contribution is -2.24. The highest BCUT2D eigenvalue weighted by Crippen LogP contribution is 2.34. The van der Waals surface area contributed by atoms with E-state index in [0.29, 0.717) is 33.7 Å². The molecule has 150 valence electrons. The van der Waals surface area contributed by atoms with Gasteiger partial charge < -0.3 is 5.32 Å². The lowest BCUT2D eigenvalue weighted by Gasteiger charge is -2.08. The van der Waals surface area contributed by atoms with E-state index in [0.717, 1.165) is 5.56 Å². The summed E-state index contributed by atoms with van der Waals surface area (Å²) in [5.74, 6) is -1.57. The largest absolute Gasteiger partial charge is 0.319 e. The fraction of sp³-hybridized carbons (Fsp3) is 0.0455. The molecule has 0 atom stereocenters. The number of carbonyl (C=O) groups excluding carboxylic acids is 2. The van der Waals surface area contributed by atoms with E-state index in [1.165, 1.54) is 16.3 Å². The average molecular weight is 459 g/mol. The lowest BCUT2D eigenvalue weighted by molar-refractivity contribution is -0.112. The summed E-state index contributed by atoms with van der Waals surface area (Å²) in [5, 5.41) is 3.53. The smallest absolute Gasteiger partial charge is 0.296 e. The first kappa shape index (κ1) is 20.4. The Hall–Kier alpha value is -2.86.